The van der Waals surface area contributed by atoms with Gasteiger partial charge in [0.25, 0.3) is 0 Å². The van der Waals surface area contributed by atoms with Crippen LogP contribution in [-0.2, 0) is 20.0 Å². The zero-order chi connectivity index (χ0) is 12.7. The fourth-order valence-electron chi connectivity index (χ4n) is 2.82. The van der Waals surface area contributed by atoms with Gasteiger partial charge in [-0.15, -0.1) is 0 Å². The van der Waals surface area contributed by atoms with Crippen LogP contribution >= 0.6 is 11.6 Å². The van der Waals surface area contributed by atoms with E-state index in [9.17, 15) is 0 Å². The lowest BCUT2D eigenvalue weighted by atomic mass is 10.1. The van der Waals surface area contributed by atoms with Crippen LogP contribution in [0.15, 0.2) is 12.1 Å². The van der Waals surface area contributed by atoms with E-state index in [2.05, 4.69) is 23.0 Å². The summed E-state index contributed by atoms with van der Waals surface area (Å²) in [6, 6.07) is 4.08. The molecule has 0 saturated carbocycles. The molecule has 0 fully saturated rings. The van der Waals surface area contributed by atoms with E-state index in [0.29, 0.717) is 5.02 Å². The van der Waals surface area contributed by atoms with E-state index >= 15 is 0 Å². The lowest BCUT2D eigenvalue weighted by Gasteiger charge is -2.06. The predicted octanol–water partition coefficient (Wildman–Crippen LogP) is 2.88. The molecule has 3 nitrogen and oxygen atoms in total. The summed E-state index contributed by atoms with van der Waals surface area (Å²) in [5, 5.41) is 5.41. The molecule has 1 aliphatic heterocycles. The molecule has 2 aromatic rings. The van der Waals surface area contributed by atoms with Crippen LogP contribution < -0.4 is 10.1 Å². The third-order valence-electron chi connectivity index (χ3n) is 3.78. The number of ether oxygens (including phenoxy) is 1. The third kappa shape index (κ3) is 1.70. The van der Waals surface area contributed by atoms with Crippen LogP contribution in [-0.4, -0.2) is 18.2 Å². The fraction of sp³-hybridized carbons (Fsp3) is 0.429. The Hall–Kier alpha value is -1.19. The summed E-state index contributed by atoms with van der Waals surface area (Å²) >= 11 is 6.22. The molecule has 0 amide bonds. The van der Waals surface area contributed by atoms with Crippen LogP contribution in [0.1, 0.15) is 17.7 Å². The highest BCUT2D eigenvalue weighted by molar-refractivity contribution is 6.32. The second-order valence-electron chi connectivity index (χ2n) is 4.77. The number of aromatic nitrogens is 1. The molecule has 96 valence electrons. The van der Waals surface area contributed by atoms with Gasteiger partial charge in [0.05, 0.1) is 17.6 Å². The van der Waals surface area contributed by atoms with Crippen LogP contribution in [0.2, 0.25) is 5.02 Å². The first kappa shape index (κ1) is 11.9. The van der Waals surface area contributed by atoms with Crippen molar-refractivity contribution in [3.05, 3.63) is 28.4 Å². The highest BCUT2D eigenvalue weighted by atomic mass is 35.5. The molecule has 0 unspecified atom stereocenters. The maximum absolute atomic E-state index is 6.22. The fourth-order valence-corrected chi connectivity index (χ4v) is 3.06. The van der Waals surface area contributed by atoms with E-state index < -0.39 is 0 Å². The Balaban J connectivity index is 2.30. The molecule has 0 aliphatic carbocycles. The highest BCUT2D eigenvalue weighted by Gasteiger charge is 2.18. The number of nitrogens with one attached hydrogen (secondary N) is 1. The molecule has 1 N–H and O–H groups in total. The molecular formula is C14H17ClN2O. The average Bonchev–Trinajstić information content (AvgIpc) is 2.58. The average molecular weight is 265 g/mol. The lowest BCUT2D eigenvalue weighted by Crippen LogP contribution is -2.14. The molecule has 0 saturated heterocycles. The molecule has 0 atom stereocenters. The van der Waals surface area contributed by atoms with Gasteiger partial charge in [-0.3, -0.25) is 0 Å². The summed E-state index contributed by atoms with van der Waals surface area (Å²) in [4.78, 5) is 0. The number of methoxy groups -OCH3 is 1. The molecule has 0 radical (unpaired) electrons. The predicted molar refractivity (Wildman–Crippen MR) is 74.5 cm³/mol. The van der Waals surface area contributed by atoms with Gasteiger partial charge >= 0.3 is 0 Å². The maximum Gasteiger partial charge on any atom is 0.138 e. The van der Waals surface area contributed by atoms with Gasteiger partial charge in [-0.05, 0) is 37.1 Å². The first-order chi connectivity index (χ1) is 8.72. The zero-order valence-corrected chi connectivity index (χ0v) is 11.5. The molecule has 0 spiro atoms. The van der Waals surface area contributed by atoms with Crippen molar-refractivity contribution < 1.29 is 4.74 Å². The maximum atomic E-state index is 6.22. The van der Waals surface area contributed by atoms with Crippen molar-refractivity contribution in [3.63, 3.8) is 0 Å². The summed E-state index contributed by atoms with van der Waals surface area (Å²) < 4.78 is 7.57. The van der Waals surface area contributed by atoms with Crippen molar-refractivity contribution >= 4 is 22.5 Å². The number of fused-ring (bicyclic) bond motifs is 3. The van der Waals surface area contributed by atoms with Crippen molar-refractivity contribution in [2.75, 3.05) is 13.7 Å². The minimum atomic E-state index is 0.675. The van der Waals surface area contributed by atoms with Crippen molar-refractivity contribution in [1.82, 2.24) is 9.88 Å². The van der Waals surface area contributed by atoms with Crippen LogP contribution in [0.5, 0.6) is 5.75 Å². The Bertz CT molecular complexity index is 604. The normalized spacial score (nSPS) is 15.5. The van der Waals surface area contributed by atoms with Gasteiger partial charge in [-0.1, -0.05) is 11.6 Å². The number of aryl methyl sites for hydroxylation is 2. The molecule has 18 heavy (non-hydrogen) atoms. The Morgan fingerprint density at radius 3 is 3.00 bits per heavy atom. The second kappa shape index (κ2) is 4.48. The number of rotatable bonds is 1. The molecule has 3 rings (SSSR count). The SMILES string of the molecule is COc1cc2c3c(n(C)c2cc1Cl)CNCCC3. The number of nitrogens with zero attached hydrogens (tertiary/aromatic N) is 1. The highest BCUT2D eigenvalue weighted by Crippen LogP contribution is 2.35. The van der Waals surface area contributed by atoms with E-state index in [0.717, 1.165) is 25.3 Å². The molecule has 4 heteroatoms. The van der Waals surface area contributed by atoms with Crippen molar-refractivity contribution in [3.8, 4) is 5.75 Å². The summed E-state index contributed by atoms with van der Waals surface area (Å²) in [7, 11) is 3.77. The van der Waals surface area contributed by atoms with Gasteiger partial charge in [0.15, 0.2) is 0 Å². The first-order valence-electron chi connectivity index (χ1n) is 6.26. The third-order valence-corrected chi connectivity index (χ3v) is 4.08. The molecule has 1 aliphatic rings. The molecule has 1 aromatic heterocycles. The number of benzene rings is 1. The van der Waals surface area contributed by atoms with Gasteiger partial charge in [-0.2, -0.15) is 0 Å². The van der Waals surface area contributed by atoms with Gasteiger partial charge in [0.1, 0.15) is 5.75 Å². The standard InChI is InChI=1S/C14H17ClN2O/c1-17-12-7-11(15)14(18-2)6-10(12)9-4-3-5-16-8-13(9)17/h6-7,16H,3-5,8H2,1-2H3. The molecule has 0 bridgehead atoms. The summed E-state index contributed by atoms with van der Waals surface area (Å²) in [5.74, 6) is 0.759. The van der Waals surface area contributed by atoms with E-state index in [4.69, 9.17) is 16.3 Å². The lowest BCUT2D eigenvalue weighted by molar-refractivity contribution is 0.415. The van der Waals surface area contributed by atoms with Crippen molar-refractivity contribution in [2.45, 2.75) is 19.4 Å². The Kier molecular flexibility index (Phi) is 2.96. The molecule has 2 heterocycles. The molecule has 1 aromatic carbocycles. The summed E-state index contributed by atoms with van der Waals surface area (Å²) in [6.07, 6.45) is 2.29. The van der Waals surface area contributed by atoms with Crippen LogP contribution in [0.25, 0.3) is 10.9 Å². The van der Waals surface area contributed by atoms with E-state index in [1.165, 1.54) is 28.6 Å². The van der Waals surface area contributed by atoms with Gasteiger partial charge in [0, 0.05) is 24.7 Å². The van der Waals surface area contributed by atoms with Gasteiger partial charge in [0.2, 0.25) is 0 Å². The Morgan fingerprint density at radius 2 is 2.22 bits per heavy atom. The largest absolute Gasteiger partial charge is 0.495 e. The number of halogens is 1. The summed E-state index contributed by atoms with van der Waals surface area (Å²) in [6.45, 7) is 2.02. The smallest absolute Gasteiger partial charge is 0.138 e. The van der Waals surface area contributed by atoms with E-state index in [-0.39, 0.29) is 0 Å². The minimum absolute atomic E-state index is 0.675. The van der Waals surface area contributed by atoms with Gasteiger partial charge in [-0.25, -0.2) is 0 Å². The second-order valence-corrected chi connectivity index (χ2v) is 5.18. The van der Waals surface area contributed by atoms with E-state index in [1.54, 1.807) is 7.11 Å². The number of hydrogen-bond donors (Lipinski definition) is 1. The van der Waals surface area contributed by atoms with Crippen molar-refractivity contribution in [1.29, 1.82) is 0 Å². The quantitative estimate of drug-likeness (QED) is 0.857. The summed E-state index contributed by atoms with van der Waals surface area (Å²) in [5.41, 5.74) is 3.99. The Labute approximate surface area is 112 Å². The molecular weight excluding hydrogens is 248 g/mol. The topological polar surface area (TPSA) is 26.2 Å². The number of hydrogen-bond acceptors (Lipinski definition) is 2. The van der Waals surface area contributed by atoms with Crippen LogP contribution in [0, 0.1) is 0 Å². The zero-order valence-electron chi connectivity index (χ0n) is 10.7. The van der Waals surface area contributed by atoms with E-state index in [1.807, 2.05) is 6.07 Å². The van der Waals surface area contributed by atoms with Crippen LogP contribution in [0.3, 0.4) is 0 Å². The minimum Gasteiger partial charge on any atom is -0.495 e. The monoisotopic (exact) mass is 264 g/mol. The van der Waals surface area contributed by atoms with Crippen LogP contribution in [0.4, 0.5) is 0 Å². The Morgan fingerprint density at radius 1 is 1.39 bits per heavy atom. The first-order valence-corrected chi connectivity index (χ1v) is 6.64. The van der Waals surface area contributed by atoms with Crippen molar-refractivity contribution in [2.24, 2.45) is 7.05 Å². The van der Waals surface area contributed by atoms with Gasteiger partial charge < -0.3 is 14.6 Å².